The molecule has 3 aliphatic rings. The molecule has 1 N–H and O–H groups in total. The fourth-order valence-electron chi connectivity index (χ4n) is 5.35. The van der Waals surface area contributed by atoms with Crippen LogP contribution in [-0.2, 0) is 40.0 Å². The van der Waals surface area contributed by atoms with Crippen molar-refractivity contribution < 1.29 is 47.8 Å². The molecule has 252 valence electrons. The van der Waals surface area contributed by atoms with Gasteiger partial charge in [0.25, 0.3) is 11.8 Å². The van der Waals surface area contributed by atoms with Gasteiger partial charge in [-0.25, -0.2) is 9.59 Å². The summed E-state index contributed by atoms with van der Waals surface area (Å²) in [4.78, 5) is 63.4. The third kappa shape index (κ3) is 12.5. The number of hydrogen-bond donors (Lipinski definition) is 1. The second kappa shape index (κ2) is 19.4. The van der Waals surface area contributed by atoms with E-state index in [1.165, 1.54) is 12.8 Å². The maximum atomic E-state index is 12.1. The normalized spacial score (nSPS) is 20.3. The zero-order valence-corrected chi connectivity index (χ0v) is 27.5. The number of rotatable bonds is 18. The van der Waals surface area contributed by atoms with E-state index in [9.17, 15) is 24.0 Å². The van der Waals surface area contributed by atoms with Crippen molar-refractivity contribution in [2.75, 3.05) is 37.9 Å². The van der Waals surface area contributed by atoms with Gasteiger partial charge in [0.05, 0.1) is 13.2 Å². The molecule has 1 aliphatic heterocycles. The van der Waals surface area contributed by atoms with Gasteiger partial charge in [0.2, 0.25) is 0 Å². The zero-order valence-electron chi connectivity index (χ0n) is 25.9. The minimum atomic E-state index is -1.16. The highest BCUT2D eigenvalue weighted by Gasteiger charge is 2.49. The van der Waals surface area contributed by atoms with E-state index >= 15 is 0 Å². The molecule has 4 rings (SSSR count). The average molecular weight is 679 g/mol. The number of hydroxylamine groups is 2. The van der Waals surface area contributed by atoms with E-state index in [4.69, 9.17) is 18.9 Å². The van der Waals surface area contributed by atoms with E-state index in [-0.39, 0.29) is 37.9 Å². The molecule has 46 heavy (non-hydrogen) atoms. The summed E-state index contributed by atoms with van der Waals surface area (Å²) in [7, 11) is 3.36. The molecule has 2 fully saturated rings. The lowest BCUT2D eigenvalue weighted by atomic mass is 10.1. The predicted octanol–water partition coefficient (Wildman–Crippen LogP) is 5.60. The summed E-state index contributed by atoms with van der Waals surface area (Å²) >= 11 is 0. The Bertz CT molecular complexity index is 1180. The van der Waals surface area contributed by atoms with E-state index in [0.29, 0.717) is 55.1 Å². The van der Waals surface area contributed by atoms with Gasteiger partial charge >= 0.3 is 18.2 Å². The van der Waals surface area contributed by atoms with Gasteiger partial charge in [-0.15, -0.1) is 0 Å². The largest absolute Gasteiger partial charge is 0.534 e. The molecule has 2 atom stereocenters. The van der Waals surface area contributed by atoms with Crippen LogP contribution >= 0.6 is 21.6 Å². The molecule has 2 unspecified atom stereocenters. The Morgan fingerprint density at radius 3 is 2.28 bits per heavy atom. The molecule has 2 aliphatic carbocycles. The number of carbonyl (C=O) groups excluding carboxylic acids is 5. The molecule has 14 heteroatoms. The van der Waals surface area contributed by atoms with E-state index in [2.05, 4.69) is 22.3 Å². The standard InChI is InChI=1S/C32H42N2O10S2/c35-28-14-15-29(36)34(28)44-32(39)42-21-23-10-12-24(13-11-23)43-30(37)9-5-19-45-46-20-18-40-17-6-16-33-31(38)41-22-27-25-7-3-1-2-4-8-26(25)27/h1-2,10-13,25-27H,3-9,14-22H2,(H,33,38). The number of hydrogen-bond acceptors (Lipinski definition) is 12. The fourth-order valence-corrected chi connectivity index (χ4v) is 7.30. The highest BCUT2D eigenvalue weighted by atomic mass is 33.1. The van der Waals surface area contributed by atoms with Crippen molar-refractivity contribution in [2.24, 2.45) is 17.8 Å². The number of nitrogens with zero attached hydrogens (tertiary/aromatic N) is 1. The van der Waals surface area contributed by atoms with E-state index in [0.717, 1.165) is 42.6 Å². The maximum Gasteiger partial charge on any atom is 0.534 e. The average Bonchev–Trinajstić information content (AvgIpc) is 3.58. The van der Waals surface area contributed by atoms with Crippen molar-refractivity contribution in [2.45, 2.75) is 64.4 Å². The molecule has 12 nitrogen and oxygen atoms in total. The Kier molecular flexibility index (Phi) is 15.0. The highest BCUT2D eigenvalue weighted by molar-refractivity contribution is 8.76. The lowest BCUT2D eigenvalue weighted by Gasteiger charge is -2.12. The third-order valence-electron chi connectivity index (χ3n) is 7.84. The smallest absolute Gasteiger partial charge is 0.449 e. The van der Waals surface area contributed by atoms with Crippen molar-refractivity contribution in [3.05, 3.63) is 42.0 Å². The van der Waals surface area contributed by atoms with Gasteiger partial charge in [0, 0.05) is 43.9 Å². The summed E-state index contributed by atoms with van der Waals surface area (Å²) in [6.07, 6.45) is 9.41. The summed E-state index contributed by atoms with van der Waals surface area (Å²) in [6, 6.07) is 6.42. The number of benzene rings is 1. The zero-order chi connectivity index (χ0) is 32.6. The van der Waals surface area contributed by atoms with Gasteiger partial charge in [-0.1, -0.05) is 50.9 Å². The summed E-state index contributed by atoms with van der Waals surface area (Å²) in [5.41, 5.74) is 0.606. The molecule has 1 aromatic rings. The molecule has 0 spiro atoms. The number of fused-ring (bicyclic) bond motifs is 1. The quantitative estimate of drug-likeness (QED) is 0.0515. The van der Waals surface area contributed by atoms with Crippen LogP contribution in [0.4, 0.5) is 9.59 Å². The predicted molar refractivity (Wildman–Crippen MR) is 171 cm³/mol. The van der Waals surface area contributed by atoms with Crippen molar-refractivity contribution in [3.63, 3.8) is 0 Å². The van der Waals surface area contributed by atoms with Crippen molar-refractivity contribution >= 4 is 51.6 Å². The van der Waals surface area contributed by atoms with Crippen LogP contribution < -0.4 is 10.1 Å². The number of carbonyl (C=O) groups is 5. The van der Waals surface area contributed by atoms with Crippen molar-refractivity contribution in [3.8, 4) is 5.75 Å². The van der Waals surface area contributed by atoms with E-state index in [1.807, 2.05) is 0 Å². The van der Waals surface area contributed by atoms with Gasteiger partial charge in [-0.3, -0.25) is 19.2 Å². The van der Waals surface area contributed by atoms with Crippen LogP contribution in [0.2, 0.25) is 0 Å². The van der Waals surface area contributed by atoms with Crippen LogP contribution in [0, 0.1) is 17.8 Å². The van der Waals surface area contributed by atoms with Gasteiger partial charge < -0.3 is 24.3 Å². The monoisotopic (exact) mass is 678 g/mol. The molecular formula is C32H42N2O10S2. The number of allylic oxidation sites excluding steroid dienone is 2. The summed E-state index contributed by atoms with van der Waals surface area (Å²) in [5, 5.41) is 3.22. The number of nitrogens with one attached hydrogen (secondary N) is 1. The van der Waals surface area contributed by atoms with E-state index in [1.54, 1.807) is 45.9 Å². The minimum Gasteiger partial charge on any atom is -0.449 e. The molecule has 0 bridgehead atoms. The van der Waals surface area contributed by atoms with E-state index < -0.39 is 18.0 Å². The molecule has 1 heterocycles. The van der Waals surface area contributed by atoms with Crippen LogP contribution in [0.5, 0.6) is 5.75 Å². The summed E-state index contributed by atoms with van der Waals surface area (Å²) in [5.74, 6) is 2.45. The Morgan fingerprint density at radius 1 is 0.870 bits per heavy atom. The second-order valence-electron chi connectivity index (χ2n) is 11.2. The van der Waals surface area contributed by atoms with Gasteiger partial charge in [0.1, 0.15) is 12.4 Å². The number of alkyl carbamates (subject to hydrolysis) is 1. The maximum absolute atomic E-state index is 12.1. The van der Waals surface area contributed by atoms with Crippen LogP contribution in [0.1, 0.15) is 63.4 Å². The number of esters is 1. The van der Waals surface area contributed by atoms with Crippen molar-refractivity contribution in [1.29, 1.82) is 0 Å². The van der Waals surface area contributed by atoms with Gasteiger partial charge in [-0.2, -0.15) is 0 Å². The number of ether oxygens (including phenoxy) is 4. The van der Waals surface area contributed by atoms with Crippen LogP contribution in [-0.4, -0.2) is 73.0 Å². The fraction of sp³-hybridized carbons (Fsp3) is 0.594. The van der Waals surface area contributed by atoms with Gasteiger partial charge in [0.15, 0.2) is 0 Å². The third-order valence-corrected chi connectivity index (χ3v) is 10.3. The Balaban J connectivity index is 0.914. The minimum absolute atomic E-state index is 0.000933. The molecular weight excluding hydrogens is 636 g/mol. The molecule has 1 saturated heterocycles. The first kappa shape index (κ1) is 35.6. The first-order valence-electron chi connectivity index (χ1n) is 15.8. The molecule has 3 amide bonds. The second-order valence-corrected chi connectivity index (χ2v) is 13.9. The van der Waals surface area contributed by atoms with Crippen molar-refractivity contribution in [1.82, 2.24) is 10.4 Å². The molecule has 0 radical (unpaired) electrons. The summed E-state index contributed by atoms with van der Waals surface area (Å²) in [6.45, 7) is 2.10. The lowest BCUT2D eigenvalue weighted by Crippen LogP contribution is -2.32. The molecule has 1 saturated carbocycles. The lowest BCUT2D eigenvalue weighted by molar-refractivity contribution is -0.177. The molecule has 0 aromatic heterocycles. The van der Waals surface area contributed by atoms with Gasteiger partial charge in [-0.05, 0) is 74.0 Å². The molecule has 1 aromatic carbocycles. The number of imide groups is 1. The Morgan fingerprint density at radius 2 is 1.57 bits per heavy atom. The summed E-state index contributed by atoms with van der Waals surface area (Å²) < 4.78 is 21.3. The SMILES string of the molecule is O=C(CCCSSCCOCCCNC(=O)OCC1C2CCC=CCCC21)Oc1ccc(COC(=O)ON2C(=O)CCC2=O)cc1. The van der Waals surface area contributed by atoms with Crippen LogP contribution in [0.3, 0.4) is 0 Å². The van der Waals surface area contributed by atoms with Crippen LogP contribution in [0.25, 0.3) is 0 Å². The highest BCUT2D eigenvalue weighted by Crippen LogP contribution is 2.52. The first-order valence-corrected chi connectivity index (χ1v) is 18.3. The van der Waals surface area contributed by atoms with Crippen LogP contribution in [0.15, 0.2) is 36.4 Å². The Labute approximate surface area is 276 Å². The Hall–Kier alpha value is -3.23. The number of amides is 3. The first-order chi connectivity index (χ1) is 22.4. The topological polar surface area (TPSA) is 147 Å².